The molecule has 0 unspecified atom stereocenters. The van der Waals surface area contributed by atoms with Gasteiger partial charge >= 0.3 is 0 Å². The second-order valence-electron chi connectivity index (χ2n) is 6.88. The van der Waals surface area contributed by atoms with Crippen LogP contribution in [0, 0.1) is 0 Å². The fourth-order valence-corrected chi connectivity index (χ4v) is 3.58. The minimum absolute atomic E-state index is 0.0977. The molecule has 1 N–H and O–H groups in total. The molecule has 0 spiro atoms. The van der Waals surface area contributed by atoms with Gasteiger partial charge in [0.15, 0.2) is 5.82 Å². The molecule has 0 bridgehead atoms. The van der Waals surface area contributed by atoms with E-state index >= 15 is 0 Å². The second-order valence-corrected chi connectivity index (χ2v) is 6.88. The van der Waals surface area contributed by atoms with Gasteiger partial charge in [0.1, 0.15) is 17.2 Å². The van der Waals surface area contributed by atoms with Crippen molar-refractivity contribution in [3.63, 3.8) is 0 Å². The highest BCUT2D eigenvalue weighted by atomic mass is 16.5. The van der Waals surface area contributed by atoms with Gasteiger partial charge in [-0.25, -0.2) is 9.97 Å². The predicted octanol–water partition coefficient (Wildman–Crippen LogP) is 1.84. The fraction of sp³-hybridized carbons (Fsp3) is 0.333. The highest BCUT2D eigenvalue weighted by molar-refractivity contribution is 5.47. The number of fused-ring (bicyclic) bond motifs is 1. The first-order valence-corrected chi connectivity index (χ1v) is 9.49. The van der Waals surface area contributed by atoms with Gasteiger partial charge in [0, 0.05) is 55.6 Å². The zero-order chi connectivity index (χ0) is 20.2. The average Bonchev–Trinajstić information content (AvgIpc) is 2.97. The van der Waals surface area contributed by atoms with Crippen LogP contribution in [0.15, 0.2) is 41.6 Å². The van der Waals surface area contributed by atoms with E-state index in [0.717, 1.165) is 48.0 Å². The topological polar surface area (TPSA) is 93.2 Å². The third-order valence-electron chi connectivity index (χ3n) is 5.14. The van der Waals surface area contributed by atoms with Crippen molar-refractivity contribution in [3.05, 3.63) is 64.0 Å². The monoisotopic (exact) mass is 393 g/mol. The third kappa shape index (κ3) is 4.12. The van der Waals surface area contributed by atoms with E-state index in [2.05, 4.69) is 24.8 Å². The molecule has 1 aromatic carbocycles. The lowest BCUT2D eigenvalue weighted by atomic mass is 10.1. The summed E-state index contributed by atoms with van der Waals surface area (Å²) in [5, 5.41) is 0. The van der Waals surface area contributed by atoms with Gasteiger partial charge in [0.25, 0.3) is 5.56 Å². The van der Waals surface area contributed by atoms with Crippen molar-refractivity contribution in [2.24, 2.45) is 0 Å². The summed E-state index contributed by atoms with van der Waals surface area (Å²) in [4.78, 5) is 30.8. The van der Waals surface area contributed by atoms with E-state index in [9.17, 15) is 4.79 Å². The first kappa shape index (κ1) is 19.1. The average molecular weight is 393 g/mol. The Kier molecular flexibility index (Phi) is 5.53. The Morgan fingerprint density at radius 2 is 2.00 bits per heavy atom. The van der Waals surface area contributed by atoms with Crippen molar-refractivity contribution in [3.8, 4) is 23.0 Å². The van der Waals surface area contributed by atoms with Crippen molar-refractivity contribution in [2.75, 3.05) is 27.3 Å². The third-order valence-corrected chi connectivity index (χ3v) is 5.14. The van der Waals surface area contributed by atoms with Gasteiger partial charge in [0.05, 0.1) is 26.1 Å². The highest BCUT2D eigenvalue weighted by Crippen LogP contribution is 2.26. The van der Waals surface area contributed by atoms with Gasteiger partial charge in [0.2, 0.25) is 0 Å². The summed E-state index contributed by atoms with van der Waals surface area (Å²) in [6.07, 6.45) is 6.13. The van der Waals surface area contributed by atoms with E-state index in [1.807, 2.05) is 18.2 Å². The van der Waals surface area contributed by atoms with Crippen LogP contribution in [-0.4, -0.2) is 52.1 Å². The number of hydrogen-bond acceptors (Lipinski definition) is 7. The van der Waals surface area contributed by atoms with Crippen molar-refractivity contribution < 1.29 is 9.47 Å². The molecule has 0 aliphatic carbocycles. The molecule has 0 radical (unpaired) electrons. The molecule has 3 aromatic rings. The number of rotatable bonds is 5. The van der Waals surface area contributed by atoms with Gasteiger partial charge in [-0.15, -0.1) is 0 Å². The number of ether oxygens (including phenoxy) is 2. The minimum atomic E-state index is -0.0977. The Balaban J connectivity index is 1.54. The van der Waals surface area contributed by atoms with Gasteiger partial charge in [-0.2, -0.15) is 0 Å². The van der Waals surface area contributed by atoms with E-state index < -0.39 is 0 Å². The zero-order valence-corrected chi connectivity index (χ0v) is 16.5. The highest BCUT2D eigenvalue weighted by Gasteiger charge is 2.20. The van der Waals surface area contributed by atoms with E-state index in [4.69, 9.17) is 9.47 Å². The predicted molar refractivity (Wildman–Crippen MR) is 108 cm³/mol. The van der Waals surface area contributed by atoms with Crippen LogP contribution >= 0.6 is 0 Å². The molecule has 0 fully saturated rings. The maximum atomic E-state index is 12.7. The Morgan fingerprint density at radius 1 is 1.14 bits per heavy atom. The smallest absolute Gasteiger partial charge is 0.254 e. The van der Waals surface area contributed by atoms with Crippen molar-refractivity contribution >= 4 is 0 Å². The lowest BCUT2D eigenvalue weighted by molar-refractivity contribution is 0.273. The first-order chi connectivity index (χ1) is 14.2. The van der Waals surface area contributed by atoms with Crippen molar-refractivity contribution in [1.82, 2.24) is 24.8 Å². The van der Waals surface area contributed by atoms with Crippen LogP contribution in [0.3, 0.4) is 0 Å². The lowest BCUT2D eigenvalue weighted by Crippen LogP contribution is -2.26. The number of nitrogens with zero attached hydrogens (tertiary/aromatic N) is 4. The van der Waals surface area contributed by atoms with Crippen LogP contribution in [0.1, 0.15) is 16.8 Å². The summed E-state index contributed by atoms with van der Waals surface area (Å²) < 4.78 is 10.8. The van der Waals surface area contributed by atoms with Crippen LogP contribution in [0.5, 0.6) is 11.5 Å². The van der Waals surface area contributed by atoms with Crippen molar-refractivity contribution in [1.29, 1.82) is 0 Å². The molecule has 0 atom stereocenters. The largest absolute Gasteiger partial charge is 0.497 e. The number of hydrogen-bond donors (Lipinski definition) is 1. The van der Waals surface area contributed by atoms with Crippen LogP contribution in [0.4, 0.5) is 0 Å². The summed E-state index contributed by atoms with van der Waals surface area (Å²) in [5.74, 6) is 2.03. The zero-order valence-electron chi connectivity index (χ0n) is 16.5. The first-order valence-electron chi connectivity index (χ1n) is 9.49. The second kappa shape index (κ2) is 8.40. The summed E-state index contributed by atoms with van der Waals surface area (Å²) in [5.41, 5.74) is 3.14. The molecular weight excluding hydrogens is 370 g/mol. The van der Waals surface area contributed by atoms with Crippen LogP contribution in [0.2, 0.25) is 0 Å². The Labute approximate surface area is 168 Å². The molecule has 29 heavy (non-hydrogen) atoms. The van der Waals surface area contributed by atoms with Crippen LogP contribution in [0.25, 0.3) is 11.5 Å². The van der Waals surface area contributed by atoms with Gasteiger partial charge < -0.3 is 14.5 Å². The molecule has 3 heterocycles. The van der Waals surface area contributed by atoms with E-state index in [0.29, 0.717) is 24.4 Å². The van der Waals surface area contributed by atoms with E-state index in [1.54, 1.807) is 32.8 Å². The minimum Gasteiger partial charge on any atom is -0.497 e. The Morgan fingerprint density at radius 3 is 2.76 bits per heavy atom. The summed E-state index contributed by atoms with van der Waals surface area (Å²) in [7, 11) is 3.30. The molecule has 0 amide bonds. The number of benzene rings is 1. The maximum absolute atomic E-state index is 12.7. The summed E-state index contributed by atoms with van der Waals surface area (Å²) in [6.45, 7) is 2.31. The quantitative estimate of drug-likeness (QED) is 0.707. The number of aromatic nitrogens is 4. The number of methoxy groups -OCH3 is 2. The molecule has 1 aliphatic heterocycles. The fourth-order valence-electron chi connectivity index (χ4n) is 3.58. The molecular formula is C21H23N5O3. The van der Waals surface area contributed by atoms with Gasteiger partial charge in [-0.1, -0.05) is 6.07 Å². The maximum Gasteiger partial charge on any atom is 0.254 e. The number of nitrogens with one attached hydrogen (secondary N) is 1. The SMILES string of the molecule is COc1ccc(CN2CCc3nc(-c4cnccn4)[nH]c(=O)c3CC2)c(OC)c1. The van der Waals surface area contributed by atoms with E-state index in [1.165, 1.54) is 0 Å². The number of aromatic amines is 1. The molecule has 150 valence electrons. The van der Waals surface area contributed by atoms with Crippen LogP contribution in [-0.2, 0) is 19.4 Å². The summed E-state index contributed by atoms with van der Waals surface area (Å²) in [6, 6.07) is 5.85. The van der Waals surface area contributed by atoms with Gasteiger partial charge in [-0.3, -0.25) is 14.7 Å². The van der Waals surface area contributed by atoms with Crippen LogP contribution < -0.4 is 15.0 Å². The standard InChI is InChI=1S/C21H23N5O3/c1-28-15-4-3-14(19(11-15)29-2)13-26-9-5-16-17(6-10-26)24-20(25-21(16)27)18-12-22-7-8-23-18/h3-4,7-8,11-12H,5-6,9-10,13H2,1-2H3,(H,24,25,27). The van der Waals surface area contributed by atoms with Crippen molar-refractivity contribution in [2.45, 2.75) is 19.4 Å². The number of H-pyrrole nitrogens is 1. The molecule has 4 rings (SSSR count). The van der Waals surface area contributed by atoms with Gasteiger partial charge in [-0.05, 0) is 12.5 Å². The lowest BCUT2D eigenvalue weighted by Gasteiger charge is -2.21. The molecule has 2 aromatic heterocycles. The Hall–Kier alpha value is -3.26. The normalized spacial score (nSPS) is 14.1. The van der Waals surface area contributed by atoms with E-state index in [-0.39, 0.29) is 5.56 Å². The molecule has 8 nitrogen and oxygen atoms in total. The molecule has 8 heteroatoms. The molecule has 0 saturated heterocycles. The summed E-state index contributed by atoms with van der Waals surface area (Å²) >= 11 is 0. The molecule has 0 saturated carbocycles. The Bertz CT molecular complexity index is 1050. The molecule has 1 aliphatic rings.